The van der Waals surface area contributed by atoms with E-state index >= 15 is 0 Å². The van der Waals surface area contributed by atoms with Crippen molar-refractivity contribution in [3.63, 3.8) is 0 Å². The lowest BCUT2D eigenvalue weighted by Crippen LogP contribution is -2.34. The summed E-state index contributed by atoms with van der Waals surface area (Å²) in [5.74, 6) is 1.58. The molecule has 2 aromatic rings. The zero-order valence-corrected chi connectivity index (χ0v) is 13.1. The van der Waals surface area contributed by atoms with Crippen LogP contribution in [0.1, 0.15) is 24.8 Å². The van der Waals surface area contributed by atoms with Crippen LogP contribution < -0.4 is 5.32 Å². The normalized spacial score (nSPS) is 15.5. The quantitative estimate of drug-likeness (QED) is 0.903. The van der Waals surface area contributed by atoms with E-state index in [0.29, 0.717) is 5.92 Å². The number of hydrogen-bond acceptors (Lipinski definition) is 3. The fourth-order valence-electron chi connectivity index (χ4n) is 2.77. The average molecular weight is 293 g/mol. The molecule has 0 radical (unpaired) electrons. The van der Waals surface area contributed by atoms with Gasteiger partial charge in [0, 0.05) is 18.8 Å². The first-order chi connectivity index (χ1) is 10.8. The van der Waals surface area contributed by atoms with Crippen molar-refractivity contribution < 1.29 is 0 Å². The van der Waals surface area contributed by atoms with Gasteiger partial charge in [-0.3, -0.25) is 4.99 Å². The molecule has 1 N–H and O–H groups in total. The van der Waals surface area contributed by atoms with Gasteiger partial charge in [0.25, 0.3) is 0 Å². The maximum absolute atomic E-state index is 4.59. The molecule has 1 aliphatic rings. The average Bonchev–Trinajstić information content (AvgIpc) is 3.01. The van der Waals surface area contributed by atoms with Gasteiger partial charge in [-0.05, 0) is 30.0 Å². The highest BCUT2D eigenvalue weighted by atomic mass is 15.3. The van der Waals surface area contributed by atoms with Crippen molar-refractivity contribution in [1.82, 2.24) is 4.90 Å². The molecule has 0 fully saturated rings. The molecular formula is C19H23N3. The molecule has 0 spiro atoms. The number of benzene rings is 2. The van der Waals surface area contributed by atoms with Gasteiger partial charge in [0.15, 0.2) is 5.96 Å². The lowest BCUT2D eigenvalue weighted by atomic mass is 9.98. The predicted octanol–water partition coefficient (Wildman–Crippen LogP) is 3.96. The van der Waals surface area contributed by atoms with Crippen LogP contribution >= 0.6 is 0 Å². The highest BCUT2D eigenvalue weighted by Crippen LogP contribution is 2.20. The van der Waals surface area contributed by atoms with Crippen molar-refractivity contribution >= 4 is 11.6 Å². The molecule has 1 atom stereocenters. The summed E-state index contributed by atoms with van der Waals surface area (Å²) in [6.07, 6.45) is 1.14. The first-order valence-corrected chi connectivity index (χ1v) is 7.99. The zero-order chi connectivity index (χ0) is 15.2. The van der Waals surface area contributed by atoms with Crippen LogP contribution in [-0.4, -0.2) is 30.5 Å². The summed E-state index contributed by atoms with van der Waals surface area (Å²) in [5, 5.41) is 3.43. The largest absolute Gasteiger partial charge is 0.341 e. The van der Waals surface area contributed by atoms with E-state index in [2.05, 4.69) is 64.6 Å². The van der Waals surface area contributed by atoms with Crippen LogP contribution in [0.15, 0.2) is 65.7 Å². The Morgan fingerprint density at radius 2 is 1.73 bits per heavy atom. The zero-order valence-electron chi connectivity index (χ0n) is 13.1. The summed E-state index contributed by atoms with van der Waals surface area (Å²) < 4.78 is 0. The molecule has 0 aliphatic carbocycles. The van der Waals surface area contributed by atoms with Crippen LogP contribution in [0.25, 0.3) is 0 Å². The van der Waals surface area contributed by atoms with E-state index in [-0.39, 0.29) is 0 Å². The molecule has 2 aromatic carbocycles. The van der Waals surface area contributed by atoms with Crippen LogP contribution in [0.4, 0.5) is 5.69 Å². The third-order valence-corrected chi connectivity index (χ3v) is 4.16. The van der Waals surface area contributed by atoms with Crippen molar-refractivity contribution in [2.45, 2.75) is 19.3 Å². The summed E-state index contributed by atoms with van der Waals surface area (Å²) in [7, 11) is 0. The summed E-state index contributed by atoms with van der Waals surface area (Å²) in [4.78, 5) is 6.95. The molecule has 3 rings (SSSR count). The van der Waals surface area contributed by atoms with E-state index < -0.39 is 0 Å². The Morgan fingerprint density at radius 1 is 1.05 bits per heavy atom. The molecule has 3 nitrogen and oxygen atoms in total. The van der Waals surface area contributed by atoms with Crippen LogP contribution in [0, 0.1) is 0 Å². The molecule has 3 heteroatoms. The standard InChI is InChI=1S/C19H23N3/c1-16(17-8-4-2-5-9-17)12-14-22-15-13-20-19(22)21-18-10-6-3-7-11-18/h2-11,16H,12-15H2,1H3,(H,20,21). The van der Waals surface area contributed by atoms with E-state index in [9.17, 15) is 0 Å². The molecule has 0 amide bonds. The Hall–Kier alpha value is -2.29. The summed E-state index contributed by atoms with van der Waals surface area (Å²) >= 11 is 0. The number of aliphatic imine (C=N–C) groups is 1. The van der Waals surface area contributed by atoms with E-state index in [1.54, 1.807) is 0 Å². The Kier molecular flexibility index (Phi) is 4.74. The fraction of sp³-hybridized carbons (Fsp3) is 0.316. The first kappa shape index (κ1) is 14.6. The number of anilines is 1. The number of nitrogens with one attached hydrogen (secondary N) is 1. The van der Waals surface area contributed by atoms with Gasteiger partial charge in [-0.2, -0.15) is 0 Å². The van der Waals surface area contributed by atoms with Gasteiger partial charge in [-0.25, -0.2) is 0 Å². The smallest absolute Gasteiger partial charge is 0.198 e. The molecule has 22 heavy (non-hydrogen) atoms. The van der Waals surface area contributed by atoms with E-state index in [0.717, 1.165) is 37.7 Å². The Labute approximate surface area is 132 Å². The molecule has 1 aliphatic heterocycles. The van der Waals surface area contributed by atoms with Gasteiger partial charge in [-0.15, -0.1) is 0 Å². The minimum atomic E-state index is 0.569. The number of para-hydroxylation sites is 1. The van der Waals surface area contributed by atoms with E-state index in [1.807, 2.05) is 18.2 Å². The molecule has 0 saturated carbocycles. The van der Waals surface area contributed by atoms with Gasteiger partial charge < -0.3 is 10.2 Å². The monoisotopic (exact) mass is 293 g/mol. The van der Waals surface area contributed by atoms with Crippen molar-refractivity contribution in [1.29, 1.82) is 0 Å². The maximum atomic E-state index is 4.59. The van der Waals surface area contributed by atoms with Crippen molar-refractivity contribution in [3.05, 3.63) is 66.2 Å². The lowest BCUT2D eigenvalue weighted by Gasteiger charge is -2.23. The summed E-state index contributed by atoms with van der Waals surface area (Å²) in [6.45, 7) is 5.23. The Morgan fingerprint density at radius 3 is 2.45 bits per heavy atom. The Balaban J connectivity index is 1.55. The highest BCUT2D eigenvalue weighted by Gasteiger charge is 2.17. The molecule has 1 unspecified atom stereocenters. The summed E-state index contributed by atoms with van der Waals surface area (Å²) in [5.41, 5.74) is 2.51. The lowest BCUT2D eigenvalue weighted by molar-refractivity contribution is 0.427. The highest BCUT2D eigenvalue weighted by molar-refractivity contribution is 5.94. The minimum Gasteiger partial charge on any atom is -0.341 e. The van der Waals surface area contributed by atoms with Gasteiger partial charge >= 0.3 is 0 Å². The van der Waals surface area contributed by atoms with Crippen LogP contribution in [-0.2, 0) is 0 Å². The third-order valence-electron chi connectivity index (χ3n) is 4.16. The van der Waals surface area contributed by atoms with Crippen molar-refractivity contribution in [3.8, 4) is 0 Å². The van der Waals surface area contributed by atoms with Gasteiger partial charge in [0.05, 0.1) is 6.54 Å². The molecule has 0 aromatic heterocycles. The number of guanidine groups is 1. The van der Waals surface area contributed by atoms with E-state index in [1.165, 1.54) is 5.56 Å². The fourth-order valence-corrected chi connectivity index (χ4v) is 2.77. The second kappa shape index (κ2) is 7.12. The SMILES string of the molecule is CC(CCN1CCN=C1Nc1ccccc1)c1ccccc1. The van der Waals surface area contributed by atoms with Gasteiger partial charge in [0.2, 0.25) is 0 Å². The summed E-state index contributed by atoms with van der Waals surface area (Å²) in [6, 6.07) is 21.0. The van der Waals surface area contributed by atoms with Gasteiger partial charge in [0.1, 0.15) is 0 Å². The predicted molar refractivity (Wildman–Crippen MR) is 93.4 cm³/mol. The van der Waals surface area contributed by atoms with Crippen LogP contribution in [0.2, 0.25) is 0 Å². The molecular weight excluding hydrogens is 270 g/mol. The second-order valence-electron chi connectivity index (χ2n) is 5.78. The van der Waals surface area contributed by atoms with Crippen molar-refractivity contribution in [2.75, 3.05) is 25.0 Å². The third kappa shape index (κ3) is 3.67. The number of rotatable bonds is 5. The number of hydrogen-bond donors (Lipinski definition) is 1. The topological polar surface area (TPSA) is 27.6 Å². The molecule has 1 heterocycles. The number of nitrogens with zero attached hydrogens (tertiary/aromatic N) is 2. The molecule has 114 valence electrons. The molecule has 0 saturated heterocycles. The van der Waals surface area contributed by atoms with Crippen LogP contribution in [0.5, 0.6) is 0 Å². The first-order valence-electron chi connectivity index (χ1n) is 7.99. The maximum Gasteiger partial charge on any atom is 0.198 e. The minimum absolute atomic E-state index is 0.569. The second-order valence-corrected chi connectivity index (χ2v) is 5.78. The van der Waals surface area contributed by atoms with Crippen molar-refractivity contribution in [2.24, 2.45) is 4.99 Å². The van der Waals surface area contributed by atoms with Gasteiger partial charge in [-0.1, -0.05) is 55.5 Å². The van der Waals surface area contributed by atoms with E-state index in [4.69, 9.17) is 0 Å². The molecule has 0 bridgehead atoms. The Bertz CT molecular complexity index is 607. The van der Waals surface area contributed by atoms with Crippen LogP contribution in [0.3, 0.4) is 0 Å².